The van der Waals surface area contributed by atoms with Crippen LogP contribution in [0.15, 0.2) is 41.4 Å². The van der Waals surface area contributed by atoms with Gasteiger partial charge in [-0.2, -0.15) is 5.10 Å². The van der Waals surface area contributed by atoms with E-state index in [4.69, 9.17) is 9.47 Å². The van der Waals surface area contributed by atoms with E-state index in [1.54, 1.807) is 17.8 Å². The first-order valence-corrected chi connectivity index (χ1v) is 9.75. The highest BCUT2D eigenvalue weighted by atomic mass is 32.2. The molecule has 1 heterocycles. The molecule has 0 unspecified atom stereocenters. The largest absolute Gasteiger partial charge is 0.352 e. The van der Waals surface area contributed by atoms with Crippen LogP contribution in [-0.2, 0) is 26.0 Å². The second-order valence-electron chi connectivity index (χ2n) is 5.45. The van der Waals surface area contributed by atoms with Crippen LogP contribution < -0.4 is 4.72 Å². The highest BCUT2D eigenvalue weighted by molar-refractivity contribution is 7.89. The Balaban J connectivity index is 2.08. The number of nitrogens with one attached hydrogen (secondary N) is 1. The van der Waals surface area contributed by atoms with E-state index in [2.05, 4.69) is 9.82 Å². The summed E-state index contributed by atoms with van der Waals surface area (Å²) < 4.78 is 40.0. The summed E-state index contributed by atoms with van der Waals surface area (Å²) in [5.74, 6) is 0. The van der Waals surface area contributed by atoms with Crippen LogP contribution in [0.5, 0.6) is 0 Å². The standard InChI is InChI=1S/C17H25N3O4S/c1-4-23-17(24-5-2)11-18-25(21,22)16-13-20(19-14(16)3)12-15-9-7-6-8-10-15/h6-10,13,17-18H,4-5,11-12H2,1-3H3. The molecular formula is C17H25N3O4S. The van der Waals surface area contributed by atoms with Gasteiger partial charge in [0.1, 0.15) is 4.90 Å². The maximum absolute atomic E-state index is 12.6. The number of benzene rings is 1. The number of sulfonamides is 1. The van der Waals surface area contributed by atoms with Crippen molar-refractivity contribution >= 4 is 10.0 Å². The minimum Gasteiger partial charge on any atom is -0.352 e. The number of hydrogen-bond acceptors (Lipinski definition) is 5. The molecule has 0 saturated heterocycles. The normalized spacial score (nSPS) is 12.0. The Hall–Kier alpha value is -1.74. The fourth-order valence-corrected chi connectivity index (χ4v) is 3.61. The molecule has 1 N–H and O–H groups in total. The lowest BCUT2D eigenvalue weighted by Gasteiger charge is -2.17. The van der Waals surface area contributed by atoms with Gasteiger partial charge >= 0.3 is 0 Å². The number of nitrogens with zero attached hydrogens (tertiary/aromatic N) is 2. The fourth-order valence-electron chi connectivity index (χ4n) is 2.41. The van der Waals surface area contributed by atoms with E-state index >= 15 is 0 Å². The minimum atomic E-state index is -3.69. The van der Waals surface area contributed by atoms with Crippen LogP contribution in [0.3, 0.4) is 0 Å². The number of rotatable bonds is 10. The quantitative estimate of drug-likeness (QED) is 0.649. The molecule has 2 aromatic rings. The van der Waals surface area contributed by atoms with Gasteiger partial charge in [0, 0.05) is 19.4 Å². The topological polar surface area (TPSA) is 82.5 Å². The van der Waals surface area contributed by atoms with E-state index in [0.717, 1.165) is 5.56 Å². The van der Waals surface area contributed by atoms with Crippen molar-refractivity contribution in [3.63, 3.8) is 0 Å². The summed E-state index contributed by atoms with van der Waals surface area (Å²) in [6, 6.07) is 9.75. The molecule has 138 valence electrons. The monoisotopic (exact) mass is 367 g/mol. The molecule has 0 radical (unpaired) electrons. The summed E-state index contributed by atoms with van der Waals surface area (Å²) in [7, 11) is -3.69. The van der Waals surface area contributed by atoms with Crippen LogP contribution in [0.4, 0.5) is 0 Å². The van der Waals surface area contributed by atoms with Crippen molar-refractivity contribution in [2.75, 3.05) is 19.8 Å². The molecule has 0 aliphatic rings. The van der Waals surface area contributed by atoms with Crippen molar-refractivity contribution in [1.82, 2.24) is 14.5 Å². The maximum Gasteiger partial charge on any atom is 0.244 e. The summed E-state index contributed by atoms with van der Waals surface area (Å²) in [5, 5.41) is 4.31. The zero-order valence-electron chi connectivity index (χ0n) is 14.8. The van der Waals surface area contributed by atoms with Gasteiger partial charge in [-0.1, -0.05) is 30.3 Å². The number of aromatic nitrogens is 2. The maximum atomic E-state index is 12.6. The minimum absolute atomic E-state index is 0.0489. The smallest absolute Gasteiger partial charge is 0.244 e. The van der Waals surface area contributed by atoms with Crippen molar-refractivity contribution in [3.05, 3.63) is 47.8 Å². The van der Waals surface area contributed by atoms with E-state index in [-0.39, 0.29) is 11.4 Å². The molecule has 0 aliphatic carbocycles. The summed E-state index contributed by atoms with van der Waals surface area (Å²) in [6.07, 6.45) is 0.936. The highest BCUT2D eigenvalue weighted by Crippen LogP contribution is 2.14. The first kappa shape index (κ1) is 19.6. The Bertz CT molecular complexity index is 753. The van der Waals surface area contributed by atoms with Crippen molar-refractivity contribution in [3.8, 4) is 0 Å². The molecule has 0 saturated carbocycles. The third-order valence-corrected chi connectivity index (χ3v) is 5.05. The molecular weight excluding hydrogens is 342 g/mol. The lowest BCUT2D eigenvalue weighted by molar-refractivity contribution is -0.130. The second kappa shape index (κ2) is 9.10. The molecule has 0 aliphatic heterocycles. The highest BCUT2D eigenvalue weighted by Gasteiger charge is 2.22. The molecule has 1 aromatic heterocycles. The van der Waals surface area contributed by atoms with Crippen LogP contribution in [0, 0.1) is 6.92 Å². The predicted molar refractivity (Wildman–Crippen MR) is 94.7 cm³/mol. The summed E-state index contributed by atoms with van der Waals surface area (Å²) >= 11 is 0. The van der Waals surface area contributed by atoms with Gasteiger partial charge in [0.2, 0.25) is 10.0 Å². The molecule has 0 fully saturated rings. The van der Waals surface area contributed by atoms with Crippen molar-refractivity contribution < 1.29 is 17.9 Å². The van der Waals surface area contributed by atoms with Crippen LogP contribution >= 0.6 is 0 Å². The molecule has 0 amide bonds. The van der Waals surface area contributed by atoms with Gasteiger partial charge in [0.15, 0.2) is 6.29 Å². The average molecular weight is 367 g/mol. The average Bonchev–Trinajstić information content (AvgIpc) is 2.95. The van der Waals surface area contributed by atoms with E-state index in [9.17, 15) is 8.42 Å². The lowest BCUT2D eigenvalue weighted by atomic mass is 10.2. The molecule has 0 atom stereocenters. The second-order valence-corrected chi connectivity index (χ2v) is 7.19. The molecule has 7 nitrogen and oxygen atoms in total. The third-order valence-electron chi connectivity index (χ3n) is 3.52. The number of ether oxygens (including phenoxy) is 2. The molecule has 25 heavy (non-hydrogen) atoms. The number of hydrogen-bond donors (Lipinski definition) is 1. The lowest BCUT2D eigenvalue weighted by Crippen LogP contribution is -2.35. The van der Waals surface area contributed by atoms with Gasteiger partial charge in [-0.3, -0.25) is 4.68 Å². The van der Waals surface area contributed by atoms with Gasteiger partial charge in [-0.15, -0.1) is 0 Å². The van der Waals surface area contributed by atoms with E-state index in [0.29, 0.717) is 25.5 Å². The Morgan fingerprint density at radius 1 is 1.16 bits per heavy atom. The van der Waals surface area contributed by atoms with E-state index in [1.165, 1.54) is 0 Å². The van der Waals surface area contributed by atoms with Crippen LogP contribution in [-0.4, -0.2) is 44.2 Å². The molecule has 1 aromatic carbocycles. The molecule has 8 heteroatoms. The summed E-state index contributed by atoms with van der Waals surface area (Å²) in [5.41, 5.74) is 1.50. The number of aryl methyl sites for hydroxylation is 1. The zero-order chi connectivity index (χ0) is 18.3. The van der Waals surface area contributed by atoms with E-state index in [1.807, 2.05) is 44.2 Å². The zero-order valence-corrected chi connectivity index (χ0v) is 15.6. The third kappa shape index (κ3) is 5.64. The molecule has 0 bridgehead atoms. The van der Waals surface area contributed by atoms with E-state index < -0.39 is 16.3 Å². The fraction of sp³-hybridized carbons (Fsp3) is 0.471. The Morgan fingerprint density at radius 3 is 2.40 bits per heavy atom. The van der Waals surface area contributed by atoms with Gasteiger partial charge in [0.05, 0.1) is 18.8 Å². The first-order chi connectivity index (χ1) is 12.0. The summed E-state index contributed by atoms with van der Waals surface area (Å²) in [4.78, 5) is 0.162. The van der Waals surface area contributed by atoms with Crippen LogP contribution in [0.25, 0.3) is 0 Å². The van der Waals surface area contributed by atoms with Crippen molar-refractivity contribution in [2.45, 2.75) is 38.5 Å². The van der Waals surface area contributed by atoms with Gasteiger partial charge in [-0.05, 0) is 26.3 Å². The van der Waals surface area contributed by atoms with Crippen molar-refractivity contribution in [2.24, 2.45) is 0 Å². The van der Waals surface area contributed by atoms with Gasteiger partial charge < -0.3 is 9.47 Å². The summed E-state index contributed by atoms with van der Waals surface area (Å²) in [6.45, 7) is 6.79. The SMILES string of the molecule is CCOC(CNS(=O)(=O)c1cn(Cc2ccccc2)nc1C)OCC. The van der Waals surface area contributed by atoms with Crippen LogP contribution in [0.2, 0.25) is 0 Å². The predicted octanol–water partition coefficient (Wildman–Crippen LogP) is 1.92. The van der Waals surface area contributed by atoms with Gasteiger partial charge in [-0.25, -0.2) is 13.1 Å². The molecule has 0 spiro atoms. The van der Waals surface area contributed by atoms with Gasteiger partial charge in [0.25, 0.3) is 0 Å². The van der Waals surface area contributed by atoms with Crippen LogP contribution in [0.1, 0.15) is 25.1 Å². The Morgan fingerprint density at radius 2 is 1.80 bits per heavy atom. The first-order valence-electron chi connectivity index (χ1n) is 8.27. The van der Waals surface area contributed by atoms with Crippen molar-refractivity contribution in [1.29, 1.82) is 0 Å². The molecule has 2 rings (SSSR count). The Labute approximate surface area is 149 Å². The Kier molecular flexibility index (Phi) is 7.12.